The van der Waals surface area contributed by atoms with Crippen molar-refractivity contribution in [2.75, 3.05) is 20.3 Å². The third-order valence-electron chi connectivity index (χ3n) is 4.23. The van der Waals surface area contributed by atoms with Gasteiger partial charge in [-0.2, -0.15) is 10.1 Å². The Kier molecular flexibility index (Phi) is 4.80. The van der Waals surface area contributed by atoms with Crippen LogP contribution in [-0.2, 0) is 4.74 Å². The molecule has 0 aliphatic carbocycles. The van der Waals surface area contributed by atoms with E-state index in [1.807, 2.05) is 0 Å². The van der Waals surface area contributed by atoms with E-state index in [1.165, 1.54) is 24.1 Å². The highest BCUT2D eigenvalue weighted by atomic mass is 19.1. The van der Waals surface area contributed by atoms with Gasteiger partial charge in [-0.15, -0.1) is 0 Å². The van der Waals surface area contributed by atoms with E-state index in [-0.39, 0.29) is 24.8 Å². The van der Waals surface area contributed by atoms with E-state index >= 15 is 0 Å². The van der Waals surface area contributed by atoms with Crippen molar-refractivity contribution in [3.8, 4) is 17.4 Å². The summed E-state index contributed by atoms with van der Waals surface area (Å²) in [5, 5.41) is 14.2. The summed E-state index contributed by atoms with van der Waals surface area (Å²) in [5.41, 5.74) is 1.64. The second-order valence-electron chi connectivity index (χ2n) is 6.18. The van der Waals surface area contributed by atoms with Crippen molar-refractivity contribution in [3.05, 3.63) is 42.4 Å². The van der Waals surface area contributed by atoms with Crippen molar-refractivity contribution in [1.82, 2.24) is 24.6 Å². The van der Waals surface area contributed by atoms with E-state index in [2.05, 4.69) is 20.1 Å². The molecular weight excluding hydrogens is 369 g/mol. The van der Waals surface area contributed by atoms with Gasteiger partial charge in [0.1, 0.15) is 36.0 Å². The van der Waals surface area contributed by atoms with Crippen molar-refractivity contribution in [2.45, 2.75) is 13.0 Å². The molecule has 4 heterocycles. The summed E-state index contributed by atoms with van der Waals surface area (Å²) in [6.45, 7) is 2.01. The molecule has 10 heteroatoms. The number of fused-ring (bicyclic) bond motifs is 2. The molecule has 4 rings (SSSR count). The van der Waals surface area contributed by atoms with Gasteiger partial charge in [-0.3, -0.25) is 0 Å². The van der Waals surface area contributed by atoms with Crippen LogP contribution in [0.3, 0.4) is 0 Å². The first-order chi connectivity index (χ1) is 13.6. The number of H-pyrrole nitrogens is 1. The molecule has 9 nitrogen and oxygen atoms in total. The largest absolute Gasteiger partial charge is 0.489 e. The number of aromatic nitrogens is 5. The third-order valence-corrected chi connectivity index (χ3v) is 4.23. The fourth-order valence-corrected chi connectivity index (χ4v) is 2.88. The summed E-state index contributed by atoms with van der Waals surface area (Å²) in [7, 11) is 1.50. The fraction of sp³-hybridized carbons (Fsp3) is 0.278. The molecule has 0 amide bonds. The molecule has 0 aliphatic rings. The van der Waals surface area contributed by atoms with Crippen LogP contribution in [0.1, 0.15) is 5.56 Å². The molecule has 0 radical (unpaired) electrons. The summed E-state index contributed by atoms with van der Waals surface area (Å²) in [4.78, 5) is 11.1. The summed E-state index contributed by atoms with van der Waals surface area (Å²) < 4.78 is 32.4. The smallest absolute Gasteiger partial charge is 0.247 e. The van der Waals surface area contributed by atoms with Crippen molar-refractivity contribution in [2.24, 2.45) is 0 Å². The van der Waals surface area contributed by atoms with Gasteiger partial charge in [0.25, 0.3) is 0 Å². The van der Waals surface area contributed by atoms with Crippen LogP contribution >= 0.6 is 0 Å². The van der Waals surface area contributed by atoms with Crippen LogP contribution in [0, 0.1) is 12.7 Å². The number of nitrogens with one attached hydrogen (secondary N) is 1. The molecule has 0 saturated carbocycles. The number of ether oxygens (including phenoxy) is 3. The number of aromatic amines is 1. The normalized spacial score (nSPS) is 12.6. The second-order valence-corrected chi connectivity index (χ2v) is 6.18. The summed E-state index contributed by atoms with van der Waals surface area (Å²) >= 11 is 0. The minimum atomic E-state index is -0.762. The first-order valence-corrected chi connectivity index (χ1v) is 8.50. The van der Waals surface area contributed by atoms with E-state index in [0.717, 1.165) is 0 Å². The number of pyridine rings is 1. The molecule has 146 valence electrons. The SMILES string of the molecule is COC[C@@H](O)COc1cn2ncnc(Oc3cnc4[nH]ccc4c3F)c2c1C. The van der Waals surface area contributed by atoms with Crippen molar-refractivity contribution in [3.63, 3.8) is 0 Å². The Balaban J connectivity index is 1.66. The number of nitrogens with zero attached hydrogens (tertiary/aromatic N) is 4. The monoisotopic (exact) mass is 387 g/mol. The zero-order chi connectivity index (χ0) is 19.7. The number of aryl methyl sites for hydroxylation is 1. The molecule has 2 N–H and O–H groups in total. The van der Waals surface area contributed by atoms with Gasteiger partial charge in [0.15, 0.2) is 11.6 Å². The maximum absolute atomic E-state index is 14.7. The van der Waals surface area contributed by atoms with Gasteiger partial charge >= 0.3 is 0 Å². The maximum atomic E-state index is 14.7. The lowest BCUT2D eigenvalue weighted by Crippen LogP contribution is -2.22. The Morgan fingerprint density at radius 3 is 2.96 bits per heavy atom. The molecule has 0 spiro atoms. The zero-order valence-corrected chi connectivity index (χ0v) is 15.2. The number of hydrogen-bond donors (Lipinski definition) is 2. The van der Waals surface area contributed by atoms with Crippen LogP contribution in [-0.4, -0.2) is 56.1 Å². The van der Waals surface area contributed by atoms with E-state index in [0.29, 0.717) is 27.9 Å². The standard InChI is InChI=1S/C18H18FN5O4/c1-10-14(27-8-11(25)7-26-2)6-24-16(10)18(22-9-23-24)28-13-5-21-17-12(15(13)19)3-4-20-17/h3-6,9,11,25H,7-8H2,1-2H3,(H,20,21)/t11-/m1/s1. The number of rotatable bonds is 7. The molecule has 0 aliphatic heterocycles. The van der Waals surface area contributed by atoms with Crippen molar-refractivity contribution < 1.29 is 23.7 Å². The predicted molar refractivity (Wildman–Crippen MR) is 97.2 cm³/mol. The Bertz CT molecular complexity index is 1130. The second kappa shape index (κ2) is 7.41. The predicted octanol–water partition coefficient (Wildman–Crippen LogP) is 2.23. The lowest BCUT2D eigenvalue weighted by molar-refractivity contribution is 0.0324. The highest BCUT2D eigenvalue weighted by molar-refractivity contribution is 5.78. The quantitative estimate of drug-likeness (QED) is 0.501. The first-order valence-electron chi connectivity index (χ1n) is 8.50. The molecule has 0 unspecified atom stereocenters. The van der Waals surface area contributed by atoms with Gasteiger partial charge in [-0.25, -0.2) is 13.9 Å². The average molecular weight is 387 g/mol. The van der Waals surface area contributed by atoms with Gasteiger partial charge in [0, 0.05) is 18.9 Å². The van der Waals surface area contributed by atoms with E-state index in [4.69, 9.17) is 14.2 Å². The lowest BCUT2D eigenvalue weighted by atomic mass is 10.3. The maximum Gasteiger partial charge on any atom is 0.247 e. The molecule has 0 bridgehead atoms. The Hall–Kier alpha value is -3.24. The number of aliphatic hydroxyl groups is 1. The van der Waals surface area contributed by atoms with E-state index in [1.54, 1.807) is 25.4 Å². The van der Waals surface area contributed by atoms with Crippen LogP contribution in [0.15, 0.2) is 31.0 Å². The van der Waals surface area contributed by atoms with Gasteiger partial charge in [0.05, 0.1) is 24.4 Å². The first kappa shape index (κ1) is 18.1. The number of hydrogen-bond acceptors (Lipinski definition) is 7. The number of methoxy groups -OCH3 is 1. The molecular formula is C18H18FN5O4. The molecule has 0 aromatic carbocycles. The van der Waals surface area contributed by atoms with Crippen LogP contribution in [0.25, 0.3) is 16.6 Å². The van der Waals surface area contributed by atoms with Crippen LogP contribution < -0.4 is 9.47 Å². The van der Waals surface area contributed by atoms with Gasteiger partial charge in [-0.05, 0) is 13.0 Å². The van der Waals surface area contributed by atoms with E-state index in [9.17, 15) is 9.50 Å². The minimum Gasteiger partial charge on any atom is -0.489 e. The molecule has 4 aromatic heterocycles. The van der Waals surface area contributed by atoms with Crippen molar-refractivity contribution >= 4 is 16.6 Å². The molecule has 4 aromatic rings. The van der Waals surface area contributed by atoms with Gasteiger partial charge < -0.3 is 24.3 Å². The molecule has 28 heavy (non-hydrogen) atoms. The molecule has 1 atom stereocenters. The van der Waals surface area contributed by atoms with Crippen LogP contribution in [0.5, 0.6) is 17.4 Å². The van der Waals surface area contributed by atoms with Crippen LogP contribution in [0.2, 0.25) is 0 Å². The molecule has 0 saturated heterocycles. The van der Waals surface area contributed by atoms with Gasteiger partial charge in [-0.1, -0.05) is 0 Å². The van der Waals surface area contributed by atoms with E-state index < -0.39 is 11.9 Å². The summed E-state index contributed by atoms with van der Waals surface area (Å²) in [5.74, 6) is 0.0771. The third kappa shape index (κ3) is 3.23. The van der Waals surface area contributed by atoms with Crippen LogP contribution in [0.4, 0.5) is 4.39 Å². The topological polar surface area (TPSA) is 107 Å². The zero-order valence-electron chi connectivity index (χ0n) is 15.2. The Morgan fingerprint density at radius 1 is 1.29 bits per heavy atom. The highest BCUT2D eigenvalue weighted by Gasteiger charge is 2.19. The number of aliphatic hydroxyl groups excluding tert-OH is 1. The highest BCUT2D eigenvalue weighted by Crippen LogP contribution is 2.33. The summed E-state index contributed by atoms with van der Waals surface area (Å²) in [6.07, 6.45) is 5.08. The summed E-state index contributed by atoms with van der Waals surface area (Å²) in [6, 6.07) is 1.58. The van der Waals surface area contributed by atoms with Gasteiger partial charge in [0.2, 0.25) is 5.88 Å². The fourth-order valence-electron chi connectivity index (χ4n) is 2.88. The Morgan fingerprint density at radius 2 is 2.14 bits per heavy atom. The van der Waals surface area contributed by atoms with Crippen molar-refractivity contribution in [1.29, 1.82) is 0 Å². The minimum absolute atomic E-state index is 0.0497. The Labute approximate surface area is 158 Å². The molecule has 0 fully saturated rings. The number of halogens is 1. The average Bonchev–Trinajstić information content (AvgIpc) is 3.28. The lowest BCUT2D eigenvalue weighted by Gasteiger charge is -2.10.